The van der Waals surface area contributed by atoms with Crippen LogP contribution in [0.2, 0.25) is 0 Å². The Morgan fingerprint density at radius 2 is 2.16 bits per heavy atom. The molecule has 0 aliphatic rings. The Hall–Kier alpha value is -2.87. The third-order valence-corrected chi connectivity index (χ3v) is 2.57. The first kappa shape index (κ1) is 12.6. The van der Waals surface area contributed by atoms with Crippen LogP contribution in [-0.4, -0.2) is 19.4 Å². The van der Waals surface area contributed by atoms with E-state index in [-0.39, 0.29) is 16.9 Å². The number of aldehydes is 1. The van der Waals surface area contributed by atoms with Gasteiger partial charge in [-0.05, 0) is 30.3 Å². The second kappa shape index (κ2) is 5.19. The quantitative estimate of drug-likeness (QED) is 0.621. The van der Waals surface area contributed by atoms with Crippen molar-refractivity contribution in [1.82, 2.24) is 0 Å². The Balaban J connectivity index is 2.51. The van der Waals surface area contributed by atoms with E-state index in [0.717, 1.165) is 0 Å². The first-order valence-electron chi connectivity index (χ1n) is 5.37. The number of furan rings is 1. The van der Waals surface area contributed by atoms with Crippen LogP contribution >= 0.6 is 0 Å². The number of hydrogen-bond donors (Lipinski definition) is 0. The van der Waals surface area contributed by atoms with Gasteiger partial charge >= 0.3 is 5.97 Å². The normalized spacial score (nSPS) is 9.68. The molecule has 0 unspecified atom stereocenters. The second-order valence-corrected chi connectivity index (χ2v) is 3.68. The molecule has 0 radical (unpaired) electrons. The number of esters is 1. The van der Waals surface area contributed by atoms with Crippen molar-refractivity contribution in [2.45, 2.75) is 0 Å². The molecule has 1 aromatic heterocycles. The molecule has 1 aromatic carbocycles. The van der Waals surface area contributed by atoms with Gasteiger partial charge < -0.3 is 9.15 Å². The lowest BCUT2D eigenvalue weighted by molar-refractivity contribution is 0.0600. The number of carbonyl (C=O) groups excluding carboxylic acids is 2. The molecule has 94 valence electrons. The zero-order chi connectivity index (χ0) is 13.8. The third-order valence-electron chi connectivity index (χ3n) is 2.57. The molecule has 0 N–H and O–H groups in total. The van der Waals surface area contributed by atoms with Gasteiger partial charge in [0, 0.05) is 5.56 Å². The molecule has 0 amide bonds. The van der Waals surface area contributed by atoms with Crippen LogP contribution in [0, 0.1) is 11.3 Å². The van der Waals surface area contributed by atoms with E-state index in [1.165, 1.54) is 25.3 Å². The van der Waals surface area contributed by atoms with E-state index in [4.69, 9.17) is 9.68 Å². The number of carbonyl (C=O) groups is 2. The number of nitriles is 1. The maximum Gasteiger partial charge on any atom is 0.339 e. The average Bonchev–Trinajstić information content (AvgIpc) is 2.94. The zero-order valence-electron chi connectivity index (χ0n) is 10.0. The van der Waals surface area contributed by atoms with E-state index in [1.807, 2.05) is 6.07 Å². The highest BCUT2D eigenvalue weighted by molar-refractivity contribution is 5.93. The van der Waals surface area contributed by atoms with Gasteiger partial charge in [0.1, 0.15) is 11.8 Å². The maximum absolute atomic E-state index is 11.6. The van der Waals surface area contributed by atoms with Crippen LogP contribution < -0.4 is 0 Å². The van der Waals surface area contributed by atoms with Crippen LogP contribution in [0.3, 0.4) is 0 Å². The molecule has 0 atom stereocenters. The fourth-order valence-corrected chi connectivity index (χ4v) is 1.65. The van der Waals surface area contributed by atoms with Crippen molar-refractivity contribution in [2.24, 2.45) is 0 Å². The first-order valence-corrected chi connectivity index (χ1v) is 5.37. The predicted molar refractivity (Wildman–Crippen MR) is 65.6 cm³/mol. The summed E-state index contributed by atoms with van der Waals surface area (Å²) in [6.45, 7) is 0. The van der Waals surface area contributed by atoms with Crippen molar-refractivity contribution < 1.29 is 18.7 Å². The molecule has 0 saturated carbocycles. The van der Waals surface area contributed by atoms with Crippen molar-refractivity contribution in [2.75, 3.05) is 7.11 Å². The Bertz CT molecular complexity index is 679. The minimum Gasteiger partial charge on any atom is -0.465 e. The van der Waals surface area contributed by atoms with Gasteiger partial charge in [0.25, 0.3) is 0 Å². The van der Waals surface area contributed by atoms with Crippen LogP contribution in [0.5, 0.6) is 0 Å². The number of rotatable bonds is 3. The van der Waals surface area contributed by atoms with E-state index < -0.39 is 5.97 Å². The van der Waals surface area contributed by atoms with E-state index in [1.54, 1.807) is 12.1 Å². The summed E-state index contributed by atoms with van der Waals surface area (Å²) in [6.07, 6.45) is 0.592. The van der Waals surface area contributed by atoms with Gasteiger partial charge in [-0.3, -0.25) is 4.79 Å². The fraction of sp³-hybridized carbons (Fsp3) is 0.0714. The third kappa shape index (κ3) is 2.38. The summed E-state index contributed by atoms with van der Waals surface area (Å²) in [6, 6.07) is 9.70. The largest absolute Gasteiger partial charge is 0.465 e. The Labute approximate surface area is 109 Å². The van der Waals surface area contributed by atoms with Crippen LogP contribution in [0.15, 0.2) is 34.7 Å². The number of hydrogen-bond acceptors (Lipinski definition) is 5. The molecule has 0 saturated heterocycles. The summed E-state index contributed by atoms with van der Waals surface area (Å²) < 4.78 is 9.88. The Kier molecular flexibility index (Phi) is 3.44. The molecule has 0 bridgehead atoms. The van der Waals surface area contributed by atoms with Gasteiger partial charge in [-0.1, -0.05) is 0 Å². The van der Waals surface area contributed by atoms with Crippen LogP contribution in [0.4, 0.5) is 0 Å². The van der Waals surface area contributed by atoms with Crippen molar-refractivity contribution in [3.05, 3.63) is 47.2 Å². The van der Waals surface area contributed by atoms with E-state index >= 15 is 0 Å². The molecule has 0 aliphatic heterocycles. The highest BCUT2D eigenvalue weighted by atomic mass is 16.5. The molecule has 0 spiro atoms. The highest BCUT2D eigenvalue weighted by Gasteiger charge is 2.14. The van der Waals surface area contributed by atoms with Crippen molar-refractivity contribution in [3.63, 3.8) is 0 Å². The summed E-state index contributed by atoms with van der Waals surface area (Å²) in [7, 11) is 1.24. The summed E-state index contributed by atoms with van der Waals surface area (Å²) in [5, 5.41) is 8.94. The second-order valence-electron chi connectivity index (χ2n) is 3.68. The minimum absolute atomic E-state index is 0.159. The lowest BCUT2D eigenvalue weighted by Gasteiger charge is -2.04. The average molecular weight is 255 g/mol. The van der Waals surface area contributed by atoms with E-state index in [9.17, 15) is 9.59 Å². The molecule has 1 heterocycles. The zero-order valence-corrected chi connectivity index (χ0v) is 10.0. The smallest absolute Gasteiger partial charge is 0.339 e. The van der Waals surface area contributed by atoms with Gasteiger partial charge in [0.05, 0.1) is 18.2 Å². The van der Waals surface area contributed by atoms with E-state index in [0.29, 0.717) is 17.6 Å². The van der Waals surface area contributed by atoms with Crippen molar-refractivity contribution in [3.8, 4) is 17.4 Å². The van der Waals surface area contributed by atoms with Gasteiger partial charge in [-0.2, -0.15) is 5.26 Å². The Morgan fingerprint density at radius 3 is 2.74 bits per heavy atom. The van der Waals surface area contributed by atoms with Gasteiger partial charge in [0.2, 0.25) is 0 Å². The molecular weight excluding hydrogens is 246 g/mol. The predicted octanol–water partition coefficient (Wildman–Crippen LogP) is 2.42. The minimum atomic E-state index is -0.597. The summed E-state index contributed by atoms with van der Waals surface area (Å²) in [5.41, 5.74) is 0.969. The summed E-state index contributed by atoms with van der Waals surface area (Å²) in [5.74, 6) is 0.0382. The lowest BCUT2D eigenvalue weighted by atomic mass is 10.0. The van der Waals surface area contributed by atoms with Crippen LogP contribution in [0.25, 0.3) is 11.3 Å². The van der Waals surface area contributed by atoms with Crippen LogP contribution in [-0.2, 0) is 4.74 Å². The number of ether oxygens (including phenoxy) is 1. The van der Waals surface area contributed by atoms with Gasteiger partial charge in [-0.15, -0.1) is 0 Å². The van der Waals surface area contributed by atoms with E-state index in [2.05, 4.69) is 4.74 Å². The maximum atomic E-state index is 11.6. The molecule has 0 aliphatic carbocycles. The van der Waals surface area contributed by atoms with Crippen molar-refractivity contribution >= 4 is 12.3 Å². The topological polar surface area (TPSA) is 80.3 Å². The van der Waals surface area contributed by atoms with Crippen LogP contribution in [0.1, 0.15) is 26.5 Å². The van der Waals surface area contributed by atoms with Crippen molar-refractivity contribution in [1.29, 1.82) is 5.26 Å². The standard InChI is InChI=1S/C14H9NO4/c1-18-14(17)12-6-9(2-3-10(12)7-15)13-5-4-11(8-16)19-13/h2-6,8H,1H3. The molecule has 0 fully saturated rings. The summed E-state index contributed by atoms with van der Waals surface area (Å²) >= 11 is 0. The number of methoxy groups -OCH3 is 1. The molecule has 2 aromatic rings. The highest BCUT2D eigenvalue weighted by Crippen LogP contribution is 2.24. The monoisotopic (exact) mass is 255 g/mol. The fourth-order valence-electron chi connectivity index (χ4n) is 1.65. The summed E-state index contributed by atoms with van der Waals surface area (Å²) in [4.78, 5) is 22.1. The molecule has 5 nitrogen and oxygen atoms in total. The van der Waals surface area contributed by atoms with Gasteiger partial charge in [-0.25, -0.2) is 4.79 Å². The first-order chi connectivity index (χ1) is 9.19. The molecule has 5 heteroatoms. The van der Waals surface area contributed by atoms with Gasteiger partial charge in [0.15, 0.2) is 12.0 Å². The molecule has 2 rings (SSSR count). The molecular formula is C14H9NO4. The SMILES string of the molecule is COC(=O)c1cc(-c2ccc(C=O)o2)ccc1C#N. The molecule has 19 heavy (non-hydrogen) atoms. The Morgan fingerprint density at radius 1 is 1.37 bits per heavy atom. The number of benzene rings is 1. The number of nitrogens with zero attached hydrogens (tertiary/aromatic N) is 1. The lowest BCUT2D eigenvalue weighted by Crippen LogP contribution is -2.04.